The van der Waals surface area contributed by atoms with Gasteiger partial charge in [-0.05, 0) is 31.5 Å². The van der Waals surface area contributed by atoms with Crippen LogP contribution >= 0.6 is 11.6 Å². The van der Waals surface area contributed by atoms with Gasteiger partial charge in [-0.1, -0.05) is 17.7 Å². The van der Waals surface area contributed by atoms with Crippen LogP contribution in [0.4, 0.5) is 0 Å². The summed E-state index contributed by atoms with van der Waals surface area (Å²) in [6.45, 7) is 3.81. The maximum Gasteiger partial charge on any atom is 0.137 e. The number of hydrogen-bond acceptors (Lipinski definition) is 3. The molecule has 4 heteroatoms. The average molecular weight is 245 g/mol. The molecule has 1 aromatic carbocycles. The van der Waals surface area contributed by atoms with Gasteiger partial charge in [0.15, 0.2) is 0 Å². The van der Waals surface area contributed by atoms with E-state index in [0.29, 0.717) is 23.8 Å². The zero-order valence-corrected chi connectivity index (χ0v) is 10.2. The van der Waals surface area contributed by atoms with Crippen molar-refractivity contribution in [2.24, 2.45) is 0 Å². The lowest BCUT2D eigenvalue weighted by Gasteiger charge is -2.11. The number of ether oxygens (including phenoxy) is 1. The Morgan fingerprint density at radius 2 is 2.00 bits per heavy atom. The molecular formula is C12H17ClO3. The van der Waals surface area contributed by atoms with Crippen LogP contribution in [0.2, 0.25) is 5.02 Å². The lowest BCUT2D eigenvalue weighted by molar-refractivity contribution is 0.155. The second-order valence-electron chi connectivity index (χ2n) is 3.85. The van der Waals surface area contributed by atoms with Gasteiger partial charge in [0, 0.05) is 6.42 Å². The molecule has 2 N–H and O–H groups in total. The fourth-order valence-corrected chi connectivity index (χ4v) is 1.48. The number of rotatable bonds is 5. The van der Waals surface area contributed by atoms with Gasteiger partial charge in [-0.15, -0.1) is 0 Å². The molecule has 0 aliphatic rings. The first-order valence-corrected chi connectivity index (χ1v) is 5.67. The Kier molecular flexibility index (Phi) is 5.06. The summed E-state index contributed by atoms with van der Waals surface area (Å²) in [7, 11) is 0. The van der Waals surface area contributed by atoms with E-state index in [1.165, 1.54) is 0 Å². The second-order valence-corrected chi connectivity index (χ2v) is 4.26. The standard InChI is InChI=1S/C12H17ClO3/c1-8(14)5-6-16-12-4-3-10(9(2)15)7-11(12)13/h3-4,7-9,14-15H,5-6H2,1-2H3/t8?,9-/m1/s1. The van der Waals surface area contributed by atoms with Gasteiger partial charge in [-0.25, -0.2) is 0 Å². The highest BCUT2D eigenvalue weighted by Crippen LogP contribution is 2.27. The molecule has 0 fully saturated rings. The summed E-state index contributed by atoms with van der Waals surface area (Å²) in [5.74, 6) is 0.576. The lowest BCUT2D eigenvalue weighted by Crippen LogP contribution is -2.07. The normalized spacial score (nSPS) is 14.6. The van der Waals surface area contributed by atoms with Crippen LogP contribution in [-0.2, 0) is 0 Å². The third-order valence-electron chi connectivity index (χ3n) is 2.23. The Balaban J connectivity index is 2.61. The van der Waals surface area contributed by atoms with Crippen LogP contribution in [0.25, 0.3) is 0 Å². The lowest BCUT2D eigenvalue weighted by atomic mass is 10.1. The van der Waals surface area contributed by atoms with Gasteiger partial charge < -0.3 is 14.9 Å². The van der Waals surface area contributed by atoms with Crippen molar-refractivity contribution in [1.82, 2.24) is 0 Å². The minimum Gasteiger partial charge on any atom is -0.492 e. The predicted octanol–water partition coefficient (Wildman–Crippen LogP) is 2.54. The van der Waals surface area contributed by atoms with Crippen molar-refractivity contribution in [1.29, 1.82) is 0 Å². The molecule has 1 unspecified atom stereocenters. The van der Waals surface area contributed by atoms with E-state index >= 15 is 0 Å². The van der Waals surface area contributed by atoms with Crippen LogP contribution in [0.5, 0.6) is 5.75 Å². The van der Waals surface area contributed by atoms with Gasteiger partial charge in [0.2, 0.25) is 0 Å². The van der Waals surface area contributed by atoms with Gasteiger partial charge in [0.25, 0.3) is 0 Å². The maximum atomic E-state index is 9.36. The minimum absolute atomic E-state index is 0.379. The summed E-state index contributed by atoms with van der Waals surface area (Å²) in [4.78, 5) is 0. The molecule has 0 bridgehead atoms. The summed E-state index contributed by atoms with van der Waals surface area (Å²) in [5, 5.41) is 18.9. The molecule has 1 aromatic rings. The van der Waals surface area contributed by atoms with Crippen molar-refractivity contribution in [3.05, 3.63) is 28.8 Å². The molecule has 2 atom stereocenters. The average Bonchev–Trinajstić information content (AvgIpc) is 2.19. The Morgan fingerprint density at radius 1 is 1.31 bits per heavy atom. The monoisotopic (exact) mass is 244 g/mol. The smallest absolute Gasteiger partial charge is 0.137 e. The summed E-state index contributed by atoms with van der Waals surface area (Å²) < 4.78 is 5.41. The van der Waals surface area contributed by atoms with E-state index in [1.807, 2.05) is 0 Å². The van der Waals surface area contributed by atoms with E-state index in [0.717, 1.165) is 5.56 Å². The molecule has 1 rings (SSSR count). The van der Waals surface area contributed by atoms with Crippen LogP contribution < -0.4 is 4.74 Å². The SMILES string of the molecule is CC(O)CCOc1ccc([C@@H](C)O)cc1Cl. The first kappa shape index (κ1) is 13.3. The van der Waals surface area contributed by atoms with Gasteiger partial charge in [0.05, 0.1) is 23.8 Å². The molecule has 0 aliphatic carbocycles. The van der Waals surface area contributed by atoms with Gasteiger partial charge in [-0.2, -0.15) is 0 Å². The van der Waals surface area contributed by atoms with Crippen molar-refractivity contribution in [2.45, 2.75) is 32.5 Å². The minimum atomic E-state index is -0.538. The summed E-state index contributed by atoms with van der Waals surface area (Å²) in [6, 6.07) is 5.19. The molecule has 0 saturated carbocycles. The fourth-order valence-electron chi connectivity index (χ4n) is 1.23. The highest BCUT2D eigenvalue weighted by Gasteiger charge is 2.06. The molecule has 0 amide bonds. The van der Waals surface area contributed by atoms with Crippen molar-refractivity contribution < 1.29 is 14.9 Å². The van der Waals surface area contributed by atoms with Crippen LogP contribution in [0.15, 0.2) is 18.2 Å². The zero-order valence-electron chi connectivity index (χ0n) is 9.48. The Morgan fingerprint density at radius 3 is 2.50 bits per heavy atom. The molecule has 3 nitrogen and oxygen atoms in total. The summed E-state index contributed by atoms with van der Waals surface area (Å²) >= 11 is 5.99. The number of aliphatic hydroxyl groups excluding tert-OH is 2. The second kappa shape index (κ2) is 6.09. The molecule has 0 aliphatic heterocycles. The van der Waals surface area contributed by atoms with E-state index in [9.17, 15) is 5.11 Å². The topological polar surface area (TPSA) is 49.7 Å². The van der Waals surface area contributed by atoms with Crippen molar-refractivity contribution in [2.75, 3.05) is 6.61 Å². The van der Waals surface area contributed by atoms with E-state index in [4.69, 9.17) is 21.4 Å². The molecule has 0 spiro atoms. The van der Waals surface area contributed by atoms with E-state index in [-0.39, 0.29) is 6.10 Å². The predicted molar refractivity (Wildman–Crippen MR) is 63.9 cm³/mol. The molecule has 0 aromatic heterocycles. The molecule has 0 radical (unpaired) electrons. The quantitative estimate of drug-likeness (QED) is 0.837. The number of hydrogen-bond donors (Lipinski definition) is 2. The fraction of sp³-hybridized carbons (Fsp3) is 0.500. The van der Waals surface area contributed by atoms with Crippen molar-refractivity contribution >= 4 is 11.6 Å². The Hall–Kier alpha value is -0.770. The number of benzene rings is 1. The Bertz CT molecular complexity index is 337. The summed E-state index contributed by atoms with van der Waals surface area (Å²) in [6.07, 6.45) is -0.353. The number of aliphatic hydroxyl groups is 2. The highest BCUT2D eigenvalue weighted by molar-refractivity contribution is 6.32. The zero-order chi connectivity index (χ0) is 12.1. The van der Waals surface area contributed by atoms with Gasteiger partial charge in [-0.3, -0.25) is 0 Å². The van der Waals surface area contributed by atoms with Crippen LogP contribution in [0, 0.1) is 0 Å². The van der Waals surface area contributed by atoms with Crippen LogP contribution in [0.3, 0.4) is 0 Å². The molecule has 90 valence electrons. The Labute approximate surface area is 101 Å². The van der Waals surface area contributed by atoms with Crippen molar-refractivity contribution in [3.63, 3.8) is 0 Å². The third kappa shape index (κ3) is 4.00. The summed E-state index contributed by atoms with van der Waals surface area (Å²) in [5.41, 5.74) is 0.757. The first-order chi connectivity index (χ1) is 7.50. The maximum absolute atomic E-state index is 9.36. The van der Waals surface area contributed by atoms with Gasteiger partial charge in [0.1, 0.15) is 5.75 Å². The van der Waals surface area contributed by atoms with Crippen LogP contribution in [-0.4, -0.2) is 22.9 Å². The largest absolute Gasteiger partial charge is 0.492 e. The van der Waals surface area contributed by atoms with Gasteiger partial charge >= 0.3 is 0 Å². The molecule has 0 heterocycles. The van der Waals surface area contributed by atoms with E-state index in [1.54, 1.807) is 32.0 Å². The van der Waals surface area contributed by atoms with E-state index in [2.05, 4.69) is 0 Å². The molecule has 16 heavy (non-hydrogen) atoms. The number of halogens is 1. The van der Waals surface area contributed by atoms with Crippen molar-refractivity contribution in [3.8, 4) is 5.75 Å². The molecule has 0 saturated heterocycles. The van der Waals surface area contributed by atoms with Crippen LogP contribution in [0.1, 0.15) is 31.9 Å². The van der Waals surface area contributed by atoms with E-state index < -0.39 is 6.10 Å². The first-order valence-electron chi connectivity index (χ1n) is 5.29. The molecular weight excluding hydrogens is 228 g/mol. The highest BCUT2D eigenvalue weighted by atomic mass is 35.5. The third-order valence-corrected chi connectivity index (χ3v) is 2.53.